The lowest BCUT2D eigenvalue weighted by molar-refractivity contribution is -0.143. The van der Waals surface area contributed by atoms with Gasteiger partial charge in [-0.25, -0.2) is 8.42 Å². The second-order valence-corrected chi connectivity index (χ2v) is 10.9. The third-order valence-corrected chi connectivity index (χ3v) is 8.19. The molecule has 4 unspecified atom stereocenters. The molecule has 3 saturated heterocycles. The largest absolute Gasteiger partial charge is 0.360 e. The van der Waals surface area contributed by atoms with Gasteiger partial charge < -0.3 is 14.5 Å². The maximum atomic E-state index is 13.3. The van der Waals surface area contributed by atoms with Gasteiger partial charge in [-0.15, -0.1) is 0 Å². The fourth-order valence-electron chi connectivity index (χ4n) is 5.17. The fraction of sp³-hybridized carbons (Fsp3) is 0.524. The van der Waals surface area contributed by atoms with Gasteiger partial charge in [0.15, 0.2) is 9.84 Å². The van der Waals surface area contributed by atoms with E-state index in [-0.39, 0.29) is 36.4 Å². The molecule has 1 aromatic rings. The van der Waals surface area contributed by atoms with Crippen molar-refractivity contribution in [3.05, 3.63) is 47.5 Å². The average molecular weight is 416 g/mol. The van der Waals surface area contributed by atoms with Gasteiger partial charge in [-0.3, -0.25) is 9.59 Å². The van der Waals surface area contributed by atoms with E-state index >= 15 is 0 Å². The molecule has 4 atom stereocenters. The van der Waals surface area contributed by atoms with Crippen molar-refractivity contribution in [1.82, 2.24) is 9.80 Å². The third-order valence-electron chi connectivity index (χ3n) is 6.58. The quantitative estimate of drug-likeness (QED) is 0.672. The number of amides is 2. The van der Waals surface area contributed by atoms with Gasteiger partial charge in [0.25, 0.3) is 0 Å². The van der Waals surface area contributed by atoms with Crippen LogP contribution in [-0.4, -0.2) is 72.9 Å². The summed E-state index contributed by atoms with van der Waals surface area (Å²) in [5, 5.41) is 0. The lowest BCUT2D eigenvalue weighted by Crippen LogP contribution is -2.50. The molecule has 1 spiro atoms. The molecule has 3 fully saturated rings. The van der Waals surface area contributed by atoms with Gasteiger partial charge in [-0.05, 0) is 12.5 Å². The number of hydrogen-bond acceptors (Lipinski definition) is 5. The first-order valence-electron chi connectivity index (χ1n) is 9.99. The van der Waals surface area contributed by atoms with Crippen molar-refractivity contribution in [2.75, 3.05) is 31.1 Å². The second-order valence-electron chi connectivity index (χ2n) is 8.56. The molecule has 0 N–H and O–H groups in total. The van der Waals surface area contributed by atoms with E-state index < -0.39 is 33.4 Å². The first kappa shape index (κ1) is 18.8. The SMILES string of the molecule is Cc1cccc(CN2CC34C=CC(O3)C(C(=O)N3CCS(=O)(=O)CC3)C4C2=O)c1. The maximum absolute atomic E-state index is 13.3. The first-order chi connectivity index (χ1) is 13.8. The molecular weight excluding hydrogens is 392 g/mol. The molecule has 29 heavy (non-hydrogen) atoms. The lowest BCUT2D eigenvalue weighted by Gasteiger charge is -2.32. The summed E-state index contributed by atoms with van der Waals surface area (Å²) in [6, 6.07) is 8.05. The summed E-state index contributed by atoms with van der Waals surface area (Å²) in [5.74, 6) is -1.36. The highest BCUT2D eigenvalue weighted by molar-refractivity contribution is 7.91. The Hall–Kier alpha value is -2.19. The van der Waals surface area contributed by atoms with Crippen molar-refractivity contribution in [3.63, 3.8) is 0 Å². The molecule has 4 aliphatic heterocycles. The van der Waals surface area contributed by atoms with E-state index in [1.165, 1.54) is 0 Å². The molecule has 8 heteroatoms. The minimum atomic E-state index is -3.07. The zero-order chi connectivity index (χ0) is 20.4. The van der Waals surface area contributed by atoms with Gasteiger partial charge in [0.1, 0.15) is 5.60 Å². The molecule has 4 aliphatic rings. The molecule has 154 valence electrons. The van der Waals surface area contributed by atoms with Gasteiger partial charge >= 0.3 is 0 Å². The maximum Gasteiger partial charge on any atom is 0.230 e. The molecule has 4 heterocycles. The van der Waals surface area contributed by atoms with E-state index in [2.05, 4.69) is 6.07 Å². The van der Waals surface area contributed by atoms with Crippen LogP contribution in [0, 0.1) is 18.8 Å². The molecule has 2 bridgehead atoms. The Balaban J connectivity index is 1.37. The highest BCUT2D eigenvalue weighted by atomic mass is 32.2. The van der Waals surface area contributed by atoms with E-state index in [1.807, 2.05) is 37.3 Å². The zero-order valence-corrected chi connectivity index (χ0v) is 17.1. The van der Waals surface area contributed by atoms with Crippen LogP contribution < -0.4 is 0 Å². The van der Waals surface area contributed by atoms with Crippen LogP contribution in [-0.2, 0) is 30.7 Å². The smallest absolute Gasteiger partial charge is 0.230 e. The first-order valence-corrected chi connectivity index (χ1v) is 11.8. The molecular formula is C21H24N2O5S. The van der Waals surface area contributed by atoms with Gasteiger partial charge in [-0.2, -0.15) is 0 Å². The molecule has 7 nitrogen and oxygen atoms in total. The molecule has 0 saturated carbocycles. The van der Waals surface area contributed by atoms with Crippen LogP contribution in [0.2, 0.25) is 0 Å². The van der Waals surface area contributed by atoms with E-state index in [0.29, 0.717) is 13.1 Å². The monoisotopic (exact) mass is 416 g/mol. The van der Waals surface area contributed by atoms with Gasteiger partial charge in [0, 0.05) is 19.6 Å². The zero-order valence-electron chi connectivity index (χ0n) is 16.3. The number of hydrogen-bond donors (Lipinski definition) is 0. The Morgan fingerprint density at radius 2 is 2.03 bits per heavy atom. The van der Waals surface area contributed by atoms with E-state index in [4.69, 9.17) is 4.74 Å². The molecule has 5 rings (SSSR count). The highest BCUT2D eigenvalue weighted by Crippen LogP contribution is 2.52. The van der Waals surface area contributed by atoms with Crippen molar-refractivity contribution in [2.24, 2.45) is 11.8 Å². The van der Waals surface area contributed by atoms with Gasteiger partial charge in [0.05, 0.1) is 36.0 Å². The number of carbonyl (C=O) groups is 2. The average Bonchev–Trinajstić information content (AvgIpc) is 3.30. The lowest BCUT2D eigenvalue weighted by atomic mass is 9.76. The Morgan fingerprint density at radius 3 is 2.76 bits per heavy atom. The van der Waals surface area contributed by atoms with E-state index in [0.717, 1.165) is 11.1 Å². The van der Waals surface area contributed by atoms with Crippen molar-refractivity contribution in [2.45, 2.75) is 25.2 Å². The number of sulfone groups is 1. The summed E-state index contributed by atoms with van der Waals surface area (Å²) < 4.78 is 29.6. The Kier molecular flexibility index (Phi) is 4.15. The Morgan fingerprint density at radius 1 is 1.28 bits per heavy atom. The summed E-state index contributed by atoms with van der Waals surface area (Å²) in [4.78, 5) is 29.9. The Labute approximate surface area is 170 Å². The van der Waals surface area contributed by atoms with Crippen LogP contribution in [0.15, 0.2) is 36.4 Å². The van der Waals surface area contributed by atoms with Gasteiger partial charge in [-0.1, -0.05) is 42.0 Å². The topological polar surface area (TPSA) is 84.0 Å². The third kappa shape index (κ3) is 3.00. The summed E-state index contributed by atoms with van der Waals surface area (Å²) in [7, 11) is -3.07. The number of likely N-dealkylation sites (tertiary alicyclic amines) is 1. The summed E-state index contributed by atoms with van der Waals surface area (Å²) in [6.45, 7) is 3.33. The number of rotatable bonds is 3. The number of benzene rings is 1. The normalized spacial score (nSPS) is 34.7. The van der Waals surface area contributed by atoms with Crippen molar-refractivity contribution in [3.8, 4) is 0 Å². The Bertz CT molecular complexity index is 1010. The molecule has 0 radical (unpaired) electrons. The van der Waals surface area contributed by atoms with Crippen molar-refractivity contribution in [1.29, 1.82) is 0 Å². The van der Waals surface area contributed by atoms with Crippen LogP contribution in [0.4, 0.5) is 0 Å². The van der Waals surface area contributed by atoms with E-state index in [1.54, 1.807) is 9.80 Å². The predicted octanol–water partition coefficient (Wildman–Crippen LogP) is 0.534. The summed E-state index contributed by atoms with van der Waals surface area (Å²) in [6.07, 6.45) is 3.43. The van der Waals surface area contributed by atoms with Crippen LogP contribution in [0.25, 0.3) is 0 Å². The fourth-order valence-corrected chi connectivity index (χ4v) is 6.37. The molecule has 2 amide bonds. The highest BCUT2D eigenvalue weighted by Gasteiger charge is 2.67. The summed E-state index contributed by atoms with van der Waals surface area (Å²) >= 11 is 0. The number of aryl methyl sites for hydroxylation is 1. The van der Waals surface area contributed by atoms with Gasteiger partial charge in [0.2, 0.25) is 11.8 Å². The van der Waals surface area contributed by atoms with Crippen LogP contribution in [0.5, 0.6) is 0 Å². The van der Waals surface area contributed by atoms with Crippen LogP contribution >= 0.6 is 0 Å². The molecule has 1 aromatic carbocycles. The second kappa shape index (κ2) is 6.40. The van der Waals surface area contributed by atoms with Crippen molar-refractivity contribution >= 4 is 21.7 Å². The van der Waals surface area contributed by atoms with E-state index in [9.17, 15) is 18.0 Å². The molecule has 0 aliphatic carbocycles. The van der Waals surface area contributed by atoms with Crippen molar-refractivity contribution < 1.29 is 22.7 Å². The van der Waals surface area contributed by atoms with Crippen LogP contribution in [0.1, 0.15) is 11.1 Å². The number of nitrogens with zero attached hydrogens (tertiary/aromatic N) is 2. The molecule has 0 aromatic heterocycles. The number of carbonyl (C=O) groups excluding carboxylic acids is 2. The minimum absolute atomic E-state index is 0.0178. The standard InChI is InChI=1S/C21H24N2O5S/c1-14-3-2-4-15(11-14)12-23-13-21-6-5-16(28-21)17(18(21)20(23)25)19(24)22-7-9-29(26,27)10-8-22/h2-6,11,16-18H,7-10,12-13H2,1H3. The minimum Gasteiger partial charge on any atom is -0.360 e. The predicted molar refractivity (Wildman–Crippen MR) is 106 cm³/mol. The number of ether oxygens (including phenoxy) is 1. The number of fused-ring (bicyclic) bond motifs is 1. The summed E-state index contributed by atoms with van der Waals surface area (Å²) in [5.41, 5.74) is 1.45. The van der Waals surface area contributed by atoms with Crippen LogP contribution in [0.3, 0.4) is 0 Å².